The molecule has 0 radical (unpaired) electrons. The molecule has 0 aromatic heterocycles. The number of anilines is 4. The van der Waals surface area contributed by atoms with Gasteiger partial charge in [-0.05, 0) is 146 Å². The molecular weight excluding hydrogens is 749 g/mol. The monoisotopic (exact) mass is 823 g/mol. The highest BCUT2D eigenvalue weighted by molar-refractivity contribution is 5.86. The smallest absolute Gasteiger partial charge is 0.0464 e. The number of nitrogens with zero attached hydrogens (tertiary/aromatic N) is 1. The standard InChI is InChI=1S/C52H64N2.C8H10/c1-6-10-12-14-16-18-33-52(34-19-17-15-13-11-7-2)50-38-44(53-43-26-21-24-41(8-3)36-43)29-31-48(50)49-32-30-47(39-51(49)52)54(45-27-20-23-40(5)35-45)46-28-22-25-42(9-4)37-46;1-7-5-3-4-6-8(7)2/h8-9,21-26,28-32,35-39,53H,3-4,6-7,10-20,27,33-34H2,1-2,5H3;3-6H,1-2H3. The van der Waals surface area contributed by atoms with Crippen LogP contribution in [-0.4, -0.2) is 0 Å². The van der Waals surface area contributed by atoms with Crippen LogP contribution in [0.5, 0.6) is 0 Å². The van der Waals surface area contributed by atoms with Gasteiger partial charge in [0.15, 0.2) is 0 Å². The Hall–Kier alpha value is -5.34. The molecule has 0 aliphatic heterocycles. The van der Waals surface area contributed by atoms with Crippen molar-refractivity contribution in [2.75, 3.05) is 10.2 Å². The van der Waals surface area contributed by atoms with Crippen LogP contribution in [0.25, 0.3) is 23.3 Å². The van der Waals surface area contributed by atoms with E-state index in [1.807, 2.05) is 12.2 Å². The van der Waals surface area contributed by atoms with E-state index in [9.17, 15) is 0 Å². The van der Waals surface area contributed by atoms with Gasteiger partial charge >= 0.3 is 0 Å². The van der Waals surface area contributed by atoms with Crippen molar-refractivity contribution < 1.29 is 0 Å². The van der Waals surface area contributed by atoms with E-state index >= 15 is 0 Å². The predicted molar refractivity (Wildman–Crippen MR) is 274 cm³/mol. The first-order valence-corrected chi connectivity index (χ1v) is 24.0. The molecule has 0 saturated heterocycles. The van der Waals surface area contributed by atoms with Crippen molar-refractivity contribution in [1.82, 2.24) is 0 Å². The van der Waals surface area contributed by atoms with Crippen LogP contribution in [0.2, 0.25) is 0 Å². The number of nitrogens with one attached hydrogen (secondary N) is 1. The molecule has 2 nitrogen and oxygen atoms in total. The summed E-state index contributed by atoms with van der Waals surface area (Å²) in [7, 11) is 0. The lowest BCUT2D eigenvalue weighted by Crippen LogP contribution is -2.26. The first-order valence-electron chi connectivity index (χ1n) is 24.0. The van der Waals surface area contributed by atoms with Gasteiger partial charge in [0.1, 0.15) is 0 Å². The third-order valence-electron chi connectivity index (χ3n) is 13.3. The SMILES string of the molecule is C=Cc1cccc(Nc2ccc3c(c2)C(CCCCCCCC)(CCCCCCCC)c2cc(N(C4=CC(C)=CCC4)c4cccc(C=C)c4)ccc2-3)c1.Cc1ccccc1C. The second-order valence-corrected chi connectivity index (χ2v) is 17.9. The van der Waals surface area contributed by atoms with Gasteiger partial charge in [0, 0.05) is 33.9 Å². The summed E-state index contributed by atoms with van der Waals surface area (Å²) < 4.78 is 0. The van der Waals surface area contributed by atoms with Crippen LogP contribution in [0.15, 0.2) is 146 Å². The van der Waals surface area contributed by atoms with Gasteiger partial charge in [-0.3, -0.25) is 0 Å². The summed E-state index contributed by atoms with van der Waals surface area (Å²) >= 11 is 0. The molecule has 0 fully saturated rings. The molecule has 0 bridgehead atoms. The van der Waals surface area contributed by atoms with Crippen molar-refractivity contribution in [2.24, 2.45) is 0 Å². The number of unbranched alkanes of at least 4 members (excludes halogenated alkanes) is 10. The maximum Gasteiger partial charge on any atom is 0.0464 e. The van der Waals surface area contributed by atoms with E-state index in [4.69, 9.17) is 0 Å². The molecule has 0 heterocycles. The molecule has 0 saturated carbocycles. The zero-order valence-electron chi connectivity index (χ0n) is 38.9. The summed E-state index contributed by atoms with van der Waals surface area (Å²) in [6.45, 7) is 19.2. The number of allylic oxidation sites excluding steroid dienone is 4. The molecule has 2 aliphatic carbocycles. The molecule has 324 valence electrons. The van der Waals surface area contributed by atoms with Crippen LogP contribution in [0.1, 0.15) is 157 Å². The number of rotatable bonds is 21. The van der Waals surface area contributed by atoms with Gasteiger partial charge in [0.05, 0.1) is 0 Å². The summed E-state index contributed by atoms with van der Waals surface area (Å²) in [6, 6.07) is 40.4. The third-order valence-corrected chi connectivity index (χ3v) is 13.3. The third kappa shape index (κ3) is 11.8. The van der Waals surface area contributed by atoms with Crippen LogP contribution in [0, 0.1) is 13.8 Å². The highest BCUT2D eigenvalue weighted by atomic mass is 15.1. The summed E-state index contributed by atoms with van der Waals surface area (Å²) in [6.07, 6.45) is 28.8. The van der Waals surface area contributed by atoms with E-state index in [1.165, 1.54) is 146 Å². The van der Waals surface area contributed by atoms with Crippen LogP contribution in [0.4, 0.5) is 22.7 Å². The first kappa shape index (κ1) is 46.2. The number of hydrogen-bond donors (Lipinski definition) is 1. The van der Waals surface area contributed by atoms with Crippen LogP contribution >= 0.6 is 0 Å². The summed E-state index contributed by atoms with van der Waals surface area (Å²) in [4.78, 5) is 2.53. The molecule has 2 aliphatic rings. The van der Waals surface area contributed by atoms with Crippen molar-refractivity contribution in [1.29, 1.82) is 0 Å². The lowest BCUT2D eigenvalue weighted by molar-refractivity contribution is 0.398. The van der Waals surface area contributed by atoms with Gasteiger partial charge in [-0.1, -0.05) is 189 Å². The van der Waals surface area contributed by atoms with Gasteiger partial charge in [-0.15, -0.1) is 0 Å². The quantitative estimate of drug-likeness (QED) is 0.0742. The average molecular weight is 823 g/mol. The summed E-state index contributed by atoms with van der Waals surface area (Å²) in [5.74, 6) is 0. The van der Waals surface area contributed by atoms with Gasteiger partial charge in [0.2, 0.25) is 0 Å². The van der Waals surface area contributed by atoms with Crippen molar-refractivity contribution >= 4 is 34.9 Å². The van der Waals surface area contributed by atoms with E-state index in [0.717, 1.165) is 35.3 Å². The van der Waals surface area contributed by atoms with E-state index in [0.29, 0.717) is 0 Å². The topological polar surface area (TPSA) is 15.3 Å². The van der Waals surface area contributed by atoms with E-state index in [2.05, 4.69) is 179 Å². The molecule has 62 heavy (non-hydrogen) atoms. The Kier molecular flexibility index (Phi) is 17.3. The number of aryl methyl sites for hydroxylation is 2. The lowest BCUT2D eigenvalue weighted by Gasteiger charge is -2.35. The molecule has 0 spiro atoms. The largest absolute Gasteiger partial charge is 0.356 e. The van der Waals surface area contributed by atoms with Crippen LogP contribution in [-0.2, 0) is 5.41 Å². The second kappa shape index (κ2) is 23.2. The fraction of sp³-hybridized carbons (Fsp3) is 0.367. The zero-order chi connectivity index (χ0) is 43.7. The zero-order valence-corrected chi connectivity index (χ0v) is 38.9. The highest BCUT2D eigenvalue weighted by Gasteiger charge is 2.43. The first-order chi connectivity index (χ1) is 30.3. The van der Waals surface area contributed by atoms with Crippen molar-refractivity contribution in [3.05, 3.63) is 179 Å². The van der Waals surface area contributed by atoms with Crippen molar-refractivity contribution in [3.63, 3.8) is 0 Å². The van der Waals surface area contributed by atoms with Crippen molar-refractivity contribution in [2.45, 2.75) is 143 Å². The molecule has 5 aromatic rings. The second-order valence-electron chi connectivity index (χ2n) is 17.9. The molecule has 5 aromatic carbocycles. The molecular formula is C60H74N2. The Morgan fingerprint density at radius 1 is 0.565 bits per heavy atom. The molecule has 7 rings (SSSR count). The number of fused-ring (bicyclic) bond motifs is 3. The Morgan fingerprint density at radius 2 is 1.11 bits per heavy atom. The Labute approximate surface area is 376 Å². The van der Waals surface area contributed by atoms with E-state index in [1.54, 1.807) is 0 Å². The van der Waals surface area contributed by atoms with Crippen molar-refractivity contribution in [3.8, 4) is 11.1 Å². The van der Waals surface area contributed by atoms with E-state index in [-0.39, 0.29) is 5.41 Å². The Balaban J connectivity index is 0.000000720. The predicted octanol–water partition coefficient (Wildman–Crippen LogP) is 18.5. The fourth-order valence-electron chi connectivity index (χ4n) is 9.64. The number of benzene rings is 5. The minimum absolute atomic E-state index is 0.0394. The highest BCUT2D eigenvalue weighted by Crippen LogP contribution is 2.56. The molecule has 1 N–H and O–H groups in total. The van der Waals surface area contributed by atoms with E-state index < -0.39 is 0 Å². The minimum Gasteiger partial charge on any atom is -0.356 e. The van der Waals surface area contributed by atoms with Gasteiger partial charge in [0.25, 0.3) is 0 Å². The summed E-state index contributed by atoms with van der Waals surface area (Å²) in [5.41, 5.74) is 18.3. The molecule has 2 heteroatoms. The number of hydrogen-bond acceptors (Lipinski definition) is 2. The molecule has 0 unspecified atom stereocenters. The molecule has 0 atom stereocenters. The Bertz CT molecular complexity index is 2260. The maximum atomic E-state index is 4.11. The van der Waals surface area contributed by atoms with Gasteiger partial charge in [-0.25, -0.2) is 0 Å². The molecule has 0 amide bonds. The van der Waals surface area contributed by atoms with Gasteiger partial charge in [-0.2, -0.15) is 0 Å². The average Bonchev–Trinajstić information content (AvgIpc) is 3.55. The fourth-order valence-corrected chi connectivity index (χ4v) is 9.64. The van der Waals surface area contributed by atoms with Gasteiger partial charge < -0.3 is 10.2 Å². The van der Waals surface area contributed by atoms with Crippen LogP contribution in [0.3, 0.4) is 0 Å². The maximum absolute atomic E-state index is 4.11. The lowest BCUT2D eigenvalue weighted by atomic mass is 9.70. The summed E-state index contributed by atoms with van der Waals surface area (Å²) in [5, 5.41) is 3.79. The van der Waals surface area contributed by atoms with Crippen LogP contribution < -0.4 is 10.2 Å². The normalized spacial score (nSPS) is 13.5. The minimum atomic E-state index is -0.0394. The Morgan fingerprint density at radius 3 is 1.73 bits per heavy atom.